The molecular formula is C12H17N3OS. The molecule has 0 aliphatic heterocycles. The monoisotopic (exact) mass is 251 g/mol. The van der Waals surface area contributed by atoms with Crippen molar-refractivity contribution in [2.45, 2.75) is 40.3 Å². The summed E-state index contributed by atoms with van der Waals surface area (Å²) >= 11 is 1.69. The summed E-state index contributed by atoms with van der Waals surface area (Å²) in [4.78, 5) is 5.67. The van der Waals surface area contributed by atoms with Crippen molar-refractivity contribution in [3.8, 4) is 10.6 Å². The highest BCUT2D eigenvalue weighted by molar-refractivity contribution is 7.15. The fourth-order valence-corrected chi connectivity index (χ4v) is 2.61. The van der Waals surface area contributed by atoms with E-state index in [-0.39, 0.29) is 0 Å². The summed E-state index contributed by atoms with van der Waals surface area (Å²) in [5.41, 5.74) is 1.94. The Kier molecular flexibility index (Phi) is 3.59. The van der Waals surface area contributed by atoms with E-state index in [0.29, 0.717) is 6.04 Å². The smallest absolute Gasteiger partial charge is 0.144 e. The van der Waals surface area contributed by atoms with Gasteiger partial charge < -0.3 is 9.84 Å². The van der Waals surface area contributed by atoms with E-state index in [9.17, 15) is 0 Å². The van der Waals surface area contributed by atoms with E-state index < -0.39 is 0 Å². The Morgan fingerprint density at radius 1 is 1.41 bits per heavy atom. The molecule has 2 heterocycles. The SMILES string of the molecule is Cc1noc(C)c1-c1ncc(CNC(C)C)s1. The standard InChI is InChI=1S/C12H17N3OS/c1-7(2)13-5-10-6-14-12(17-10)11-8(3)15-16-9(11)4/h6-7,13H,5H2,1-4H3. The van der Waals surface area contributed by atoms with Gasteiger partial charge in [0.2, 0.25) is 0 Å². The van der Waals surface area contributed by atoms with E-state index in [1.54, 1.807) is 11.3 Å². The minimum Gasteiger partial charge on any atom is -0.361 e. The molecule has 0 bridgehead atoms. The summed E-state index contributed by atoms with van der Waals surface area (Å²) in [6.45, 7) is 8.99. The number of thiazole rings is 1. The third kappa shape index (κ3) is 2.73. The van der Waals surface area contributed by atoms with Crippen LogP contribution in [0.1, 0.15) is 30.2 Å². The third-order valence-electron chi connectivity index (χ3n) is 2.49. The summed E-state index contributed by atoms with van der Waals surface area (Å²) in [5, 5.41) is 8.32. The van der Waals surface area contributed by atoms with Crippen LogP contribution in [0.15, 0.2) is 10.7 Å². The molecule has 0 fully saturated rings. The average Bonchev–Trinajstić information content (AvgIpc) is 2.83. The number of nitrogens with zero attached hydrogens (tertiary/aromatic N) is 2. The first-order valence-electron chi connectivity index (χ1n) is 5.69. The van der Waals surface area contributed by atoms with Gasteiger partial charge in [0.25, 0.3) is 0 Å². The number of hydrogen-bond acceptors (Lipinski definition) is 5. The van der Waals surface area contributed by atoms with Crippen LogP contribution in [-0.4, -0.2) is 16.2 Å². The number of aromatic nitrogens is 2. The maximum Gasteiger partial charge on any atom is 0.144 e. The molecule has 0 unspecified atom stereocenters. The van der Waals surface area contributed by atoms with E-state index in [0.717, 1.165) is 28.6 Å². The van der Waals surface area contributed by atoms with Gasteiger partial charge in [-0.1, -0.05) is 19.0 Å². The highest BCUT2D eigenvalue weighted by Crippen LogP contribution is 2.30. The van der Waals surface area contributed by atoms with Gasteiger partial charge in [0, 0.05) is 23.7 Å². The maximum absolute atomic E-state index is 5.16. The van der Waals surface area contributed by atoms with Gasteiger partial charge in [-0.3, -0.25) is 0 Å². The first-order chi connectivity index (χ1) is 8.08. The zero-order valence-electron chi connectivity index (χ0n) is 10.6. The van der Waals surface area contributed by atoms with Crippen LogP contribution in [0, 0.1) is 13.8 Å². The van der Waals surface area contributed by atoms with Crippen LogP contribution in [0.3, 0.4) is 0 Å². The lowest BCUT2D eigenvalue weighted by Gasteiger charge is -2.04. The predicted octanol–water partition coefficient (Wildman–Crippen LogP) is 2.91. The molecule has 0 spiro atoms. The number of hydrogen-bond donors (Lipinski definition) is 1. The molecule has 4 nitrogen and oxygen atoms in total. The second kappa shape index (κ2) is 4.98. The normalized spacial score (nSPS) is 11.4. The molecule has 2 rings (SSSR count). The van der Waals surface area contributed by atoms with Gasteiger partial charge in [-0.25, -0.2) is 4.98 Å². The molecule has 17 heavy (non-hydrogen) atoms. The molecule has 0 saturated heterocycles. The Morgan fingerprint density at radius 3 is 2.76 bits per heavy atom. The third-order valence-corrected chi connectivity index (χ3v) is 3.50. The largest absolute Gasteiger partial charge is 0.361 e. The molecule has 0 aliphatic carbocycles. The molecule has 2 aromatic heterocycles. The van der Waals surface area contributed by atoms with E-state index in [1.165, 1.54) is 4.88 Å². The predicted molar refractivity (Wildman–Crippen MR) is 69.1 cm³/mol. The molecule has 1 N–H and O–H groups in total. The fraction of sp³-hybridized carbons (Fsp3) is 0.500. The molecule has 0 aliphatic rings. The van der Waals surface area contributed by atoms with E-state index in [2.05, 4.69) is 29.3 Å². The summed E-state index contributed by atoms with van der Waals surface area (Å²) in [5.74, 6) is 0.834. The molecule has 5 heteroatoms. The van der Waals surface area contributed by atoms with Crippen LogP contribution in [0.5, 0.6) is 0 Å². The van der Waals surface area contributed by atoms with Crippen LogP contribution in [0.4, 0.5) is 0 Å². The van der Waals surface area contributed by atoms with Crippen molar-refractivity contribution in [1.29, 1.82) is 0 Å². The van der Waals surface area contributed by atoms with Crippen molar-refractivity contribution < 1.29 is 4.52 Å². The van der Waals surface area contributed by atoms with E-state index >= 15 is 0 Å². The Balaban J connectivity index is 2.18. The zero-order valence-corrected chi connectivity index (χ0v) is 11.4. The van der Waals surface area contributed by atoms with Crippen LogP contribution in [-0.2, 0) is 6.54 Å². The summed E-state index contributed by atoms with van der Waals surface area (Å²) in [6, 6.07) is 0.486. The summed E-state index contributed by atoms with van der Waals surface area (Å²) in [6.07, 6.45) is 1.92. The second-order valence-electron chi connectivity index (χ2n) is 4.37. The van der Waals surface area contributed by atoms with Gasteiger partial charge >= 0.3 is 0 Å². The van der Waals surface area contributed by atoms with Crippen LogP contribution in [0.2, 0.25) is 0 Å². The molecule has 92 valence electrons. The van der Waals surface area contributed by atoms with Crippen molar-refractivity contribution >= 4 is 11.3 Å². The molecule has 0 radical (unpaired) electrons. The minimum atomic E-state index is 0.486. The van der Waals surface area contributed by atoms with Crippen LogP contribution < -0.4 is 5.32 Å². The highest BCUT2D eigenvalue weighted by Gasteiger charge is 2.14. The number of nitrogens with one attached hydrogen (secondary N) is 1. The molecule has 0 amide bonds. The lowest BCUT2D eigenvalue weighted by molar-refractivity contribution is 0.393. The number of aryl methyl sites for hydroxylation is 2. The van der Waals surface area contributed by atoms with Gasteiger partial charge in [0.1, 0.15) is 10.8 Å². The molecule has 0 saturated carbocycles. The van der Waals surface area contributed by atoms with Crippen LogP contribution in [0.25, 0.3) is 10.6 Å². The summed E-state index contributed by atoms with van der Waals surface area (Å²) in [7, 11) is 0. The summed E-state index contributed by atoms with van der Waals surface area (Å²) < 4.78 is 5.16. The topological polar surface area (TPSA) is 51.0 Å². The van der Waals surface area contributed by atoms with Crippen molar-refractivity contribution in [2.75, 3.05) is 0 Å². The molecule has 0 atom stereocenters. The lowest BCUT2D eigenvalue weighted by Crippen LogP contribution is -2.21. The first-order valence-corrected chi connectivity index (χ1v) is 6.51. The van der Waals surface area contributed by atoms with Gasteiger partial charge in [0.15, 0.2) is 0 Å². The second-order valence-corrected chi connectivity index (χ2v) is 5.48. The Labute approximate surface area is 105 Å². The van der Waals surface area contributed by atoms with Gasteiger partial charge in [-0.2, -0.15) is 0 Å². The van der Waals surface area contributed by atoms with Gasteiger partial charge in [0.05, 0.1) is 11.3 Å². The molecular weight excluding hydrogens is 234 g/mol. The zero-order chi connectivity index (χ0) is 12.4. The minimum absolute atomic E-state index is 0.486. The Morgan fingerprint density at radius 2 is 2.18 bits per heavy atom. The quantitative estimate of drug-likeness (QED) is 0.907. The van der Waals surface area contributed by atoms with E-state index in [4.69, 9.17) is 4.52 Å². The lowest BCUT2D eigenvalue weighted by atomic mass is 10.2. The Hall–Kier alpha value is -1.20. The van der Waals surface area contributed by atoms with Crippen molar-refractivity contribution in [3.63, 3.8) is 0 Å². The first kappa shape index (κ1) is 12.3. The van der Waals surface area contributed by atoms with Gasteiger partial charge in [-0.05, 0) is 13.8 Å². The maximum atomic E-state index is 5.16. The molecule has 2 aromatic rings. The van der Waals surface area contributed by atoms with Gasteiger partial charge in [-0.15, -0.1) is 11.3 Å². The molecule has 0 aromatic carbocycles. The Bertz CT molecular complexity index is 482. The highest BCUT2D eigenvalue weighted by atomic mass is 32.1. The fourth-order valence-electron chi connectivity index (χ4n) is 1.60. The van der Waals surface area contributed by atoms with E-state index in [1.807, 2.05) is 20.0 Å². The average molecular weight is 251 g/mol. The van der Waals surface area contributed by atoms with Crippen molar-refractivity contribution in [1.82, 2.24) is 15.5 Å². The number of rotatable bonds is 4. The van der Waals surface area contributed by atoms with Crippen molar-refractivity contribution in [2.24, 2.45) is 0 Å². The van der Waals surface area contributed by atoms with Crippen molar-refractivity contribution in [3.05, 3.63) is 22.5 Å². The van der Waals surface area contributed by atoms with Crippen LogP contribution >= 0.6 is 11.3 Å².